The molecule has 0 bridgehead atoms. The van der Waals surface area contributed by atoms with Gasteiger partial charge in [0.1, 0.15) is 0 Å². The van der Waals surface area contributed by atoms with Crippen LogP contribution in [-0.4, -0.2) is 33.4 Å². The Kier molecular flexibility index (Phi) is 17.8. The molecule has 4 heteroatoms. The van der Waals surface area contributed by atoms with E-state index in [2.05, 4.69) is 5.32 Å². The van der Waals surface area contributed by atoms with Crippen molar-refractivity contribution in [1.82, 2.24) is 5.32 Å². The van der Waals surface area contributed by atoms with E-state index in [4.69, 9.17) is 9.84 Å². The van der Waals surface area contributed by atoms with E-state index in [9.17, 15) is 0 Å². The van der Waals surface area contributed by atoms with Gasteiger partial charge < -0.3 is 15.2 Å². The van der Waals surface area contributed by atoms with E-state index in [-0.39, 0.29) is 51.4 Å². The topological polar surface area (TPSA) is 44.3 Å². The Balaban J connectivity index is 0. The Morgan fingerprint density at radius 1 is 1.22 bits per heavy atom. The molecule has 0 amide bonds. The summed E-state index contributed by atoms with van der Waals surface area (Å²) in [6, 6.07) is 0. The maximum Gasteiger partial charge on any atom is 1.00 e. The van der Waals surface area contributed by atoms with Gasteiger partial charge >= 0.3 is 51.4 Å². The molecule has 9 heavy (non-hydrogen) atoms. The SMILES string of the molecule is C1COCCN1.C[O-].[K+]. The van der Waals surface area contributed by atoms with Gasteiger partial charge in [-0.2, -0.15) is 7.11 Å². The molecule has 0 atom stereocenters. The molecule has 1 saturated heterocycles. The fourth-order valence-electron chi connectivity index (χ4n) is 0.516. The molecular formula is C5H12KNO2. The Morgan fingerprint density at radius 2 is 1.67 bits per heavy atom. The first-order valence-corrected chi connectivity index (χ1v) is 2.69. The number of hydrogen-bond donors (Lipinski definition) is 1. The van der Waals surface area contributed by atoms with Crippen molar-refractivity contribution in [2.24, 2.45) is 0 Å². The Labute approximate surface area is 98.6 Å². The van der Waals surface area contributed by atoms with E-state index in [1.807, 2.05) is 0 Å². The molecular weight excluding hydrogens is 145 g/mol. The fraction of sp³-hybridized carbons (Fsp3) is 1.00. The average Bonchev–Trinajstić information content (AvgIpc) is 1.96. The van der Waals surface area contributed by atoms with E-state index in [0.717, 1.165) is 33.4 Å². The van der Waals surface area contributed by atoms with Crippen LogP contribution in [0.2, 0.25) is 0 Å². The number of ether oxygens (including phenoxy) is 1. The minimum Gasteiger partial charge on any atom is -0.857 e. The van der Waals surface area contributed by atoms with Crippen molar-refractivity contribution in [2.75, 3.05) is 33.4 Å². The molecule has 1 aliphatic rings. The quantitative estimate of drug-likeness (QED) is 0.361. The van der Waals surface area contributed by atoms with Gasteiger partial charge in [-0.1, -0.05) is 0 Å². The summed E-state index contributed by atoms with van der Waals surface area (Å²) in [6.07, 6.45) is 0. The molecule has 3 nitrogen and oxygen atoms in total. The second-order valence-electron chi connectivity index (χ2n) is 1.36. The van der Waals surface area contributed by atoms with E-state index in [0.29, 0.717) is 0 Å². The molecule has 50 valence electrons. The summed E-state index contributed by atoms with van der Waals surface area (Å²) in [5.74, 6) is 0. The van der Waals surface area contributed by atoms with Gasteiger partial charge in [-0.05, 0) is 0 Å². The third-order valence-electron chi connectivity index (χ3n) is 0.846. The minimum atomic E-state index is 0. The fourth-order valence-corrected chi connectivity index (χ4v) is 0.516. The molecule has 0 saturated carbocycles. The summed E-state index contributed by atoms with van der Waals surface area (Å²) >= 11 is 0. The zero-order chi connectivity index (χ0) is 6.24. The van der Waals surface area contributed by atoms with Crippen LogP contribution in [0, 0.1) is 0 Å². The zero-order valence-electron chi connectivity index (χ0n) is 6.14. The van der Waals surface area contributed by atoms with Gasteiger partial charge in [0.15, 0.2) is 0 Å². The normalized spacial score (nSPS) is 16.7. The third kappa shape index (κ3) is 9.52. The molecule has 0 radical (unpaired) electrons. The average molecular weight is 157 g/mol. The van der Waals surface area contributed by atoms with Crippen molar-refractivity contribution < 1.29 is 61.2 Å². The van der Waals surface area contributed by atoms with Crippen LogP contribution < -0.4 is 61.8 Å². The van der Waals surface area contributed by atoms with Gasteiger partial charge in [-0.3, -0.25) is 0 Å². The molecule has 0 aromatic rings. The van der Waals surface area contributed by atoms with Crippen LogP contribution in [0.1, 0.15) is 0 Å². The standard InChI is InChI=1S/C4H9NO.CH3O.K/c1-3-6-4-2-5-1;1-2;/h5H,1-4H2;1H3;/q;-1;+1. The molecule has 0 spiro atoms. The second-order valence-corrected chi connectivity index (χ2v) is 1.36. The van der Waals surface area contributed by atoms with Crippen molar-refractivity contribution in [2.45, 2.75) is 0 Å². The number of nitrogens with one attached hydrogen (secondary N) is 1. The molecule has 0 unspecified atom stereocenters. The maximum absolute atomic E-state index is 8.25. The predicted molar refractivity (Wildman–Crippen MR) is 29.6 cm³/mol. The maximum atomic E-state index is 8.25. The Morgan fingerprint density at radius 3 is 1.78 bits per heavy atom. The first kappa shape index (κ1) is 13.1. The predicted octanol–water partition coefficient (Wildman–Crippen LogP) is -4.41. The summed E-state index contributed by atoms with van der Waals surface area (Å²) in [6.45, 7) is 3.83. The van der Waals surface area contributed by atoms with Crippen LogP contribution in [0.5, 0.6) is 0 Å². The van der Waals surface area contributed by atoms with Crippen molar-refractivity contribution in [3.8, 4) is 0 Å². The van der Waals surface area contributed by atoms with Gasteiger partial charge in [0.25, 0.3) is 0 Å². The van der Waals surface area contributed by atoms with Crippen LogP contribution in [0.3, 0.4) is 0 Å². The summed E-state index contributed by atoms with van der Waals surface area (Å²) in [4.78, 5) is 0. The molecule has 0 aromatic carbocycles. The molecule has 1 aliphatic heterocycles. The first-order valence-electron chi connectivity index (χ1n) is 2.69. The van der Waals surface area contributed by atoms with E-state index in [1.54, 1.807) is 0 Å². The van der Waals surface area contributed by atoms with Crippen LogP contribution in [0.15, 0.2) is 0 Å². The van der Waals surface area contributed by atoms with Crippen molar-refractivity contribution in [3.63, 3.8) is 0 Å². The minimum absolute atomic E-state index is 0. The second kappa shape index (κ2) is 12.2. The van der Waals surface area contributed by atoms with Crippen LogP contribution >= 0.6 is 0 Å². The van der Waals surface area contributed by atoms with Gasteiger partial charge in [0.2, 0.25) is 0 Å². The monoisotopic (exact) mass is 157 g/mol. The molecule has 1 N–H and O–H groups in total. The molecule has 1 fully saturated rings. The smallest absolute Gasteiger partial charge is 0.857 e. The van der Waals surface area contributed by atoms with Crippen molar-refractivity contribution in [3.05, 3.63) is 0 Å². The summed E-state index contributed by atoms with van der Waals surface area (Å²) < 4.78 is 5.01. The molecule has 1 heterocycles. The first-order chi connectivity index (χ1) is 4.00. The van der Waals surface area contributed by atoms with Crippen LogP contribution in [0.4, 0.5) is 0 Å². The number of morpholine rings is 1. The van der Waals surface area contributed by atoms with E-state index < -0.39 is 0 Å². The summed E-state index contributed by atoms with van der Waals surface area (Å²) in [5, 5.41) is 11.4. The van der Waals surface area contributed by atoms with Crippen molar-refractivity contribution in [1.29, 1.82) is 0 Å². The van der Waals surface area contributed by atoms with Gasteiger partial charge in [-0.25, -0.2) is 0 Å². The Hall–Kier alpha value is 1.52. The summed E-state index contributed by atoms with van der Waals surface area (Å²) in [5.41, 5.74) is 0. The Bertz CT molecular complexity index is 30.4. The van der Waals surface area contributed by atoms with Gasteiger partial charge in [-0.15, -0.1) is 0 Å². The largest absolute Gasteiger partial charge is 1.00 e. The van der Waals surface area contributed by atoms with Crippen molar-refractivity contribution >= 4 is 0 Å². The molecule has 0 aromatic heterocycles. The van der Waals surface area contributed by atoms with E-state index >= 15 is 0 Å². The molecule has 0 aliphatic carbocycles. The number of hydrogen-bond acceptors (Lipinski definition) is 3. The van der Waals surface area contributed by atoms with Gasteiger partial charge in [0, 0.05) is 13.1 Å². The molecule has 1 rings (SSSR count). The summed E-state index contributed by atoms with van der Waals surface area (Å²) in [7, 11) is 0.750. The van der Waals surface area contributed by atoms with Gasteiger partial charge in [0.05, 0.1) is 13.2 Å². The van der Waals surface area contributed by atoms with Crippen LogP contribution in [-0.2, 0) is 4.74 Å². The van der Waals surface area contributed by atoms with E-state index in [1.165, 1.54) is 0 Å². The third-order valence-corrected chi connectivity index (χ3v) is 0.846. The van der Waals surface area contributed by atoms with Crippen LogP contribution in [0.25, 0.3) is 0 Å². The number of rotatable bonds is 0. The zero-order valence-corrected chi connectivity index (χ0v) is 9.27.